The molecule has 0 saturated heterocycles. The zero-order valence-electron chi connectivity index (χ0n) is 9.32. The van der Waals surface area contributed by atoms with Crippen LogP contribution in [0.5, 0.6) is 5.75 Å². The Bertz CT molecular complexity index is 482. The summed E-state index contributed by atoms with van der Waals surface area (Å²) in [5, 5.41) is 0. The highest BCUT2D eigenvalue weighted by molar-refractivity contribution is 5.45. The van der Waals surface area contributed by atoms with Crippen molar-refractivity contribution in [3.8, 4) is 5.75 Å². The Morgan fingerprint density at radius 1 is 1.15 bits per heavy atom. The van der Waals surface area contributed by atoms with E-state index in [1.54, 1.807) is 0 Å². The van der Waals surface area contributed by atoms with E-state index >= 15 is 0 Å². The summed E-state index contributed by atoms with van der Waals surface area (Å²) in [5.74, 6) is -2.03. The van der Waals surface area contributed by atoms with Crippen LogP contribution in [0.4, 0.5) is 35.1 Å². The zero-order valence-corrected chi connectivity index (χ0v) is 9.32. The highest BCUT2D eigenvalue weighted by Crippen LogP contribution is 2.44. The first-order chi connectivity index (χ1) is 8.97. The molecule has 0 atom stereocenters. The molecule has 0 aliphatic rings. The van der Waals surface area contributed by atoms with Crippen molar-refractivity contribution >= 4 is 0 Å². The van der Waals surface area contributed by atoms with Crippen molar-refractivity contribution in [2.45, 2.75) is 25.5 Å². The zero-order chi connectivity index (χ0) is 15.7. The van der Waals surface area contributed by atoms with Crippen LogP contribution in [0.15, 0.2) is 6.20 Å². The molecule has 0 aliphatic carbocycles. The molecule has 0 aliphatic heterocycles. The maximum atomic E-state index is 12.7. The summed E-state index contributed by atoms with van der Waals surface area (Å²) >= 11 is 0. The summed E-state index contributed by atoms with van der Waals surface area (Å²) in [6, 6.07) is 0. The fourth-order valence-corrected chi connectivity index (χ4v) is 1.37. The minimum absolute atomic E-state index is 0.170. The molecular formula is C9H6F8N2O. The molecular weight excluding hydrogens is 304 g/mol. The van der Waals surface area contributed by atoms with E-state index in [1.165, 1.54) is 0 Å². The molecule has 0 saturated carbocycles. The van der Waals surface area contributed by atoms with E-state index in [2.05, 4.69) is 9.72 Å². The maximum Gasteiger partial charge on any atom is 0.573 e. The van der Waals surface area contributed by atoms with Crippen molar-refractivity contribution in [3.05, 3.63) is 23.0 Å². The molecule has 114 valence electrons. The fourth-order valence-electron chi connectivity index (χ4n) is 1.37. The van der Waals surface area contributed by atoms with E-state index < -0.39 is 48.1 Å². The van der Waals surface area contributed by atoms with Crippen LogP contribution < -0.4 is 10.5 Å². The molecule has 0 unspecified atom stereocenters. The largest absolute Gasteiger partial charge is 0.573 e. The lowest BCUT2D eigenvalue weighted by molar-refractivity contribution is -0.276. The Labute approximate surface area is 106 Å². The van der Waals surface area contributed by atoms with Gasteiger partial charge in [-0.1, -0.05) is 0 Å². The molecule has 3 nitrogen and oxygen atoms in total. The number of hydrogen-bond acceptors (Lipinski definition) is 3. The molecule has 2 N–H and O–H groups in total. The molecule has 0 spiro atoms. The van der Waals surface area contributed by atoms with E-state index in [0.29, 0.717) is 0 Å². The van der Waals surface area contributed by atoms with E-state index in [-0.39, 0.29) is 6.20 Å². The lowest BCUT2D eigenvalue weighted by atomic mass is 10.1. The fraction of sp³-hybridized carbons (Fsp3) is 0.444. The average molecular weight is 310 g/mol. The van der Waals surface area contributed by atoms with Crippen molar-refractivity contribution in [3.63, 3.8) is 0 Å². The van der Waals surface area contributed by atoms with Gasteiger partial charge >= 0.3 is 12.5 Å². The van der Waals surface area contributed by atoms with Gasteiger partial charge in [0.25, 0.3) is 6.43 Å². The van der Waals surface area contributed by atoms with Gasteiger partial charge in [0.2, 0.25) is 0 Å². The summed E-state index contributed by atoms with van der Waals surface area (Å²) in [6.45, 7) is -0.896. The minimum atomic E-state index is -5.57. The summed E-state index contributed by atoms with van der Waals surface area (Å²) in [5.41, 5.74) is 0.214. The van der Waals surface area contributed by atoms with Gasteiger partial charge in [-0.2, -0.15) is 13.2 Å². The average Bonchev–Trinajstić information content (AvgIpc) is 2.23. The van der Waals surface area contributed by atoms with Gasteiger partial charge in [-0.05, 0) is 0 Å². The Morgan fingerprint density at radius 2 is 1.70 bits per heavy atom. The van der Waals surface area contributed by atoms with Crippen molar-refractivity contribution in [1.82, 2.24) is 4.98 Å². The van der Waals surface area contributed by atoms with Gasteiger partial charge in [0.1, 0.15) is 5.56 Å². The second kappa shape index (κ2) is 5.38. The summed E-state index contributed by atoms with van der Waals surface area (Å²) in [7, 11) is 0. The molecule has 0 amide bonds. The first-order valence-electron chi connectivity index (χ1n) is 4.80. The van der Waals surface area contributed by atoms with Crippen molar-refractivity contribution < 1.29 is 39.9 Å². The van der Waals surface area contributed by atoms with E-state index in [4.69, 9.17) is 5.73 Å². The van der Waals surface area contributed by atoms with Crippen LogP contribution in [0.3, 0.4) is 0 Å². The van der Waals surface area contributed by atoms with Crippen LogP contribution in [-0.4, -0.2) is 11.3 Å². The first-order valence-corrected chi connectivity index (χ1v) is 4.80. The van der Waals surface area contributed by atoms with E-state index in [9.17, 15) is 35.1 Å². The van der Waals surface area contributed by atoms with Crippen LogP contribution in [0.2, 0.25) is 0 Å². The van der Waals surface area contributed by atoms with E-state index in [0.717, 1.165) is 0 Å². The minimum Gasteiger partial charge on any atom is -0.404 e. The van der Waals surface area contributed by atoms with Gasteiger partial charge < -0.3 is 10.5 Å². The number of aromatic nitrogens is 1. The van der Waals surface area contributed by atoms with Crippen LogP contribution >= 0.6 is 0 Å². The Morgan fingerprint density at radius 3 is 2.05 bits per heavy atom. The van der Waals surface area contributed by atoms with Crippen LogP contribution in [-0.2, 0) is 12.7 Å². The normalized spacial score (nSPS) is 12.9. The Kier molecular flexibility index (Phi) is 4.42. The topological polar surface area (TPSA) is 48.1 Å². The molecule has 1 heterocycles. The Balaban J connectivity index is 3.61. The van der Waals surface area contributed by atoms with Gasteiger partial charge in [-0.25, -0.2) is 8.78 Å². The smallest absolute Gasteiger partial charge is 0.404 e. The molecule has 20 heavy (non-hydrogen) atoms. The van der Waals surface area contributed by atoms with Gasteiger partial charge in [0, 0.05) is 12.7 Å². The van der Waals surface area contributed by atoms with Crippen molar-refractivity contribution in [1.29, 1.82) is 0 Å². The SMILES string of the molecule is NCc1ncc(C(F)F)c(OC(F)(F)F)c1C(F)(F)F. The number of ether oxygens (including phenoxy) is 1. The predicted molar refractivity (Wildman–Crippen MR) is 48.8 cm³/mol. The van der Waals surface area contributed by atoms with Crippen LogP contribution in [0.1, 0.15) is 23.2 Å². The molecule has 11 heteroatoms. The lowest BCUT2D eigenvalue weighted by Gasteiger charge is -2.20. The van der Waals surface area contributed by atoms with Gasteiger partial charge in [-0.15, -0.1) is 13.2 Å². The molecule has 0 aromatic carbocycles. The third kappa shape index (κ3) is 3.68. The highest BCUT2D eigenvalue weighted by atomic mass is 19.4. The number of pyridine rings is 1. The molecule has 0 radical (unpaired) electrons. The van der Waals surface area contributed by atoms with Gasteiger partial charge in [0.05, 0.1) is 11.3 Å². The standard InChI is InChI=1S/C9H6F8N2O/c10-7(11)3-2-19-4(1-18)5(8(12,13)14)6(3)20-9(15,16)17/h2,7H,1,18H2. The molecule has 1 rings (SSSR count). The quantitative estimate of drug-likeness (QED) is 0.871. The van der Waals surface area contributed by atoms with Crippen LogP contribution in [0.25, 0.3) is 0 Å². The molecule has 0 fully saturated rings. The maximum absolute atomic E-state index is 12.7. The number of nitrogens with two attached hydrogens (primary N) is 1. The summed E-state index contributed by atoms with van der Waals surface area (Å²) in [6.07, 6.45) is -14.4. The monoisotopic (exact) mass is 310 g/mol. The predicted octanol–water partition coefficient (Wildman–Crippen LogP) is 3.40. The van der Waals surface area contributed by atoms with Gasteiger partial charge in [0.15, 0.2) is 5.75 Å². The second-order valence-electron chi connectivity index (χ2n) is 3.41. The number of hydrogen-bond donors (Lipinski definition) is 1. The first kappa shape index (κ1) is 16.4. The third-order valence-corrected chi connectivity index (χ3v) is 2.07. The van der Waals surface area contributed by atoms with Crippen molar-refractivity contribution in [2.75, 3.05) is 0 Å². The number of alkyl halides is 8. The number of rotatable bonds is 3. The summed E-state index contributed by atoms with van der Waals surface area (Å²) < 4.78 is 103. The third-order valence-electron chi connectivity index (χ3n) is 2.07. The lowest BCUT2D eigenvalue weighted by Crippen LogP contribution is -2.24. The molecule has 1 aromatic rings. The van der Waals surface area contributed by atoms with Crippen LogP contribution in [0, 0.1) is 0 Å². The number of nitrogens with zero attached hydrogens (tertiary/aromatic N) is 1. The Hall–Kier alpha value is -1.65. The van der Waals surface area contributed by atoms with Gasteiger partial charge in [-0.3, -0.25) is 4.98 Å². The number of halogens is 8. The molecule has 1 aromatic heterocycles. The van der Waals surface area contributed by atoms with Crippen molar-refractivity contribution in [2.24, 2.45) is 5.73 Å². The van der Waals surface area contributed by atoms with E-state index in [1.807, 2.05) is 0 Å². The highest BCUT2D eigenvalue weighted by Gasteiger charge is 2.44. The summed E-state index contributed by atoms with van der Waals surface area (Å²) in [4.78, 5) is 3.00. The second-order valence-corrected chi connectivity index (χ2v) is 3.41. The molecule has 0 bridgehead atoms.